The Bertz CT molecular complexity index is 840. The largest absolute Gasteiger partial charge is 0.342 e. The molecular formula is C19H20FN3. The highest BCUT2D eigenvalue weighted by Gasteiger charge is 2.26. The summed E-state index contributed by atoms with van der Waals surface area (Å²) in [6.45, 7) is 5.22. The van der Waals surface area contributed by atoms with Crippen molar-refractivity contribution in [2.24, 2.45) is 0 Å². The van der Waals surface area contributed by atoms with Gasteiger partial charge in [-0.25, -0.2) is 9.37 Å². The van der Waals surface area contributed by atoms with Crippen LogP contribution in [0.15, 0.2) is 42.5 Å². The number of nitrogens with one attached hydrogen (secondary N) is 1. The van der Waals surface area contributed by atoms with Crippen molar-refractivity contribution in [3.8, 4) is 0 Å². The second-order valence-electron chi connectivity index (χ2n) is 6.43. The molecule has 1 atom stereocenters. The third-order valence-electron chi connectivity index (χ3n) is 4.78. The first-order valence-corrected chi connectivity index (χ1v) is 8.11. The van der Waals surface area contributed by atoms with Crippen molar-refractivity contribution < 1.29 is 4.39 Å². The first kappa shape index (κ1) is 14.4. The first-order chi connectivity index (χ1) is 11.2. The van der Waals surface area contributed by atoms with Gasteiger partial charge in [0, 0.05) is 19.0 Å². The molecule has 1 unspecified atom stereocenters. The molecule has 0 aliphatic carbocycles. The molecule has 0 amide bonds. The van der Waals surface area contributed by atoms with E-state index in [4.69, 9.17) is 0 Å². The Morgan fingerprint density at radius 3 is 3.00 bits per heavy atom. The third-order valence-corrected chi connectivity index (χ3v) is 4.78. The molecule has 0 bridgehead atoms. The molecule has 2 aromatic carbocycles. The number of rotatable bonds is 3. The molecule has 1 saturated heterocycles. The highest BCUT2D eigenvalue weighted by Crippen LogP contribution is 2.28. The monoisotopic (exact) mass is 309 g/mol. The fourth-order valence-electron chi connectivity index (χ4n) is 3.42. The van der Waals surface area contributed by atoms with Crippen molar-refractivity contribution in [3.63, 3.8) is 0 Å². The molecule has 4 rings (SSSR count). The number of fused-ring (bicyclic) bond motifs is 1. The summed E-state index contributed by atoms with van der Waals surface area (Å²) in [5.41, 5.74) is 4.37. The molecule has 1 aromatic heterocycles. The third kappa shape index (κ3) is 2.86. The Kier molecular flexibility index (Phi) is 3.62. The fourth-order valence-corrected chi connectivity index (χ4v) is 3.42. The zero-order valence-corrected chi connectivity index (χ0v) is 13.2. The number of imidazole rings is 1. The lowest BCUT2D eigenvalue weighted by molar-refractivity contribution is 0.325. The molecule has 1 aliphatic heterocycles. The summed E-state index contributed by atoms with van der Waals surface area (Å²) < 4.78 is 13.3. The Hall–Kier alpha value is -2.20. The fraction of sp³-hybridized carbons (Fsp3) is 0.316. The van der Waals surface area contributed by atoms with E-state index in [1.165, 1.54) is 23.3 Å². The lowest BCUT2D eigenvalue weighted by Crippen LogP contribution is -2.20. The molecule has 3 nitrogen and oxygen atoms in total. The molecule has 1 N–H and O–H groups in total. The number of H-pyrrole nitrogens is 1. The van der Waals surface area contributed by atoms with Gasteiger partial charge in [-0.3, -0.25) is 4.90 Å². The SMILES string of the molecule is Cc1ccccc1CN1CCC(c2nc3ccc(F)cc3[nH]2)C1. The topological polar surface area (TPSA) is 31.9 Å². The van der Waals surface area contributed by atoms with Gasteiger partial charge in [0.1, 0.15) is 11.6 Å². The minimum absolute atomic E-state index is 0.222. The highest BCUT2D eigenvalue weighted by atomic mass is 19.1. The van der Waals surface area contributed by atoms with Crippen molar-refractivity contribution in [1.29, 1.82) is 0 Å². The number of halogens is 1. The second-order valence-corrected chi connectivity index (χ2v) is 6.43. The van der Waals surface area contributed by atoms with Crippen LogP contribution >= 0.6 is 0 Å². The number of aromatic amines is 1. The number of benzene rings is 2. The van der Waals surface area contributed by atoms with Gasteiger partial charge in [-0.05, 0) is 49.2 Å². The summed E-state index contributed by atoms with van der Waals surface area (Å²) in [5, 5.41) is 0. The van der Waals surface area contributed by atoms with E-state index in [1.807, 2.05) is 0 Å². The van der Waals surface area contributed by atoms with E-state index in [-0.39, 0.29) is 5.82 Å². The van der Waals surface area contributed by atoms with Crippen LogP contribution in [0.3, 0.4) is 0 Å². The van der Waals surface area contributed by atoms with Crippen molar-refractivity contribution in [2.75, 3.05) is 13.1 Å². The highest BCUT2D eigenvalue weighted by molar-refractivity contribution is 5.75. The average Bonchev–Trinajstić information content (AvgIpc) is 3.15. The van der Waals surface area contributed by atoms with Gasteiger partial charge in [0.2, 0.25) is 0 Å². The molecule has 0 spiro atoms. The zero-order valence-electron chi connectivity index (χ0n) is 13.2. The van der Waals surface area contributed by atoms with Crippen molar-refractivity contribution in [1.82, 2.24) is 14.9 Å². The van der Waals surface area contributed by atoms with Crippen LogP contribution in [0.25, 0.3) is 11.0 Å². The maximum Gasteiger partial charge on any atom is 0.125 e. The number of aromatic nitrogens is 2. The van der Waals surface area contributed by atoms with Gasteiger partial charge in [-0.1, -0.05) is 24.3 Å². The Labute approximate surface area is 135 Å². The van der Waals surface area contributed by atoms with Gasteiger partial charge in [-0.2, -0.15) is 0 Å². The standard InChI is InChI=1S/C19H20FN3/c1-13-4-2-3-5-14(13)11-23-9-8-15(12-23)19-21-17-7-6-16(20)10-18(17)22-19/h2-7,10,15H,8-9,11-12H2,1H3,(H,21,22). The number of nitrogens with zero attached hydrogens (tertiary/aromatic N) is 2. The van der Waals surface area contributed by atoms with Gasteiger partial charge < -0.3 is 4.98 Å². The Balaban J connectivity index is 1.50. The van der Waals surface area contributed by atoms with E-state index in [0.29, 0.717) is 5.92 Å². The molecule has 0 radical (unpaired) electrons. The van der Waals surface area contributed by atoms with Crippen LogP contribution in [0, 0.1) is 12.7 Å². The smallest absolute Gasteiger partial charge is 0.125 e. The maximum atomic E-state index is 13.3. The van der Waals surface area contributed by atoms with Gasteiger partial charge >= 0.3 is 0 Å². The summed E-state index contributed by atoms with van der Waals surface area (Å²) >= 11 is 0. The molecule has 0 saturated carbocycles. The van der Waals surface area contributed by atoms with Gasteiger partial charge in [-0.15, -0.1) is 0 Å². The van der Waals surface area contributed by atoms with Crippen molar-refractivity contribution in [3.05, 3.63) is 65.2 Å². The second kappa shape index (κ2) is 5.78. The normalized spacial score (nSPS) is 18.8. The molecule has 3 aromatic rings. The van der Waals surface area contributed by atoms with Crippen LogP contribution < -0.4 is 0 Å². The predicted octanol–water partition coefficient (Wildman–Crippen LogP) is 4.00. The summed E-state index contributed by atoms with van der Waals surface area (Å²) in [5.74, 6) is 1.16. The van der Waals surface area contributed by atoms with Crippen molar-refractivity contribution >= 4 is 11.0 Å². The van der Waals surface area contributed by atoms with Gasteiger partial charge in [0.05, 0.1) is 11.0 Å². The number of aryl methyl sites for hydroxylation is 1. The molecule has 118 valence electrons. The minimum Gasteiger partial charge on any atom is -0.342 e. The van der Waals surface area contributed by atoms with E-state index >= 15 is 0 Å². The zero-order chi connectivity index (χ0) is 15.8. The van der Waals surface area contributed by atoms with Crippen LogP contribution in [-0.4, -0.2) is 28.0 Å². The lowest BCUT2D eigenvalue weighted by Gasteiger charge is -2.17. The molecule has 1 fully saturated rings. The molecule has 1 aliphatic rings. The molecule has 4 heteroatoms. The van der Waals surface area contributed by atoms with E-state index in [0.717, 1.165) is 42.9 Å². The van der Waals surface area contributed by atoms with E-state index in [1.54, 1.807) is 6.07 Å². The Morgan fingerprint density at radius 2 is 2.13 bits per heavy atom. The van der Waals surface area contributed by atoms with Crippen LogP contribution in [0.4, 0.5) is 4.39 Å². The summed E-state index contributed by atoms with van der Waals surface area (Å²) in [6, 6.07) is 13.3. The van der Waals surface area contributed by atoms with Gasteiger partial charge in [0.25, 0.3) is 0 Å². The van der Waals surface area contributed by atoms with E-state index in [9.17, 15) is 4.39 Å². The first-order valence-electron chi connectivity index (χ1n) is 8.11. The van der Waals surface area contributed by atoms with Crippen LogP contribution in [0.5, 0.6) is 0 Å². The Morgan fingerprint density at radius 1 is 1.26 bits per heavy atom. The summed E-state index contributed by atoms with van der Waals surface area (Å²) in [4.78, 5) is 10.4. The van der Waals surface area contributed by atoms with Crippen LogP contribution in [0.1, 0.15) is 29.3 Å². The quantitative estimate of drug-likeness (QED) is 0.793. The minimum atomic E-state index is -0.222. The average molecular weight is 309 g/mol. The number of hydrogen-bond acceptors (Lipinski definition) is 2. The maximum absolute atomic E-state index is 13.3. The van der Waals surface area contributed by atoms with Crippen LogP contribution in [0.2, 0.25) is 0 Å². The summed E-state index contributed by atoms with van der Waals surface area (Å²) in [6.07, 6.45) is 1.09. The van der Waals surface area contributed by atoms with Crippen LogP contribution in [-0.2, 0) is 6.54 Å². The van der Waals surface area contributed by atoms with E-state index in [2.05, 4.69) is 46.1 Å². The van der Waals surface area contributed by atoms with Crippen molar-refractivity contribution in [2.45, 2.75) is 25.8 Å². The van der Waals surface area contributed by atoms with Gasteiger partial charge in [0.15, 0.2) is 0 Å². The van der Waals surface area contributed by atoms with E-state index < -0.39 is 0 Å². The lowest BCUT2D eigenvalue weighted by atomic mass is 10.1. The predicted molar refractivity (Wildman–Crippen MR) is 89.9 cm³/mol. The molecule has 2 heterocycles. The number of hydrogen-bond donors (Lipinski definition) is 1. The molecular weight excluding hydrogens is 289 g/mol. The molecule has 23 heavy (non-hydrogen) atoms. The summed E-state index contributed by atoms with van der Waals surface area (Å²) in [7, 11) is 0. The number of likely N-dealkylation sites (tertiary alicyclic amines) is 1.